The summed E-state index contributed by atoms with van der Waals surface area (Å²) in [5, 5.41) is 6.46. The molecule has 0 saturated heterocycles. The van der Waals surface area contributed by atoms with Crippen molar-refractivity contribution in [1.29, 1.82) is 0 Å². The van der Waals surface area contributed by atoms with Gasteiger partial charge in [0.25, 0.3) is 5.91 Å². The second-order valence-electron chi connectivity index (χ2n) is 8.37. The predicted molar refractivity (Wildman–Crippen MR) is 131 cm³/mol. The molecule has 2 N–H and O–H groups in total. The molecule has 0 bridgehead atoms. The first-order valence-electron chi connectivity index (χ1n) is 11.0. The number of rotatable bonds is 4. The molecule has 4 aromatic rings. The van der Waals surface area contributed by atoms with Crippen LogP contribution in [0, 0.1) is 13.8 Å². The molecule has 7 nitrogen and oxygen atoms in total. The van der Waals surface area contributed by atoms with Crippen molar-refractivity contribution in [3.8, 4) is 0 Å². The number of benzene rings is 3. The third-order valence-corrected chi connectivity index (χ3v) is 6.01. The van der Waals surface area contributed by atoms with E-state index in [2.05, 4.69) is 10.6 Å². The third kappa shape index (κ3) is 3.81. The van der Waals surface area contributed by atoms with Crippen molar-refractivity contribution in [3.05, 3.63) is 89.7 Å². The van der Waals surface area contributed by atoms with Gasteiger partial charge in [-0.25, -0.2) is 0 Å². The van der Waals surface area contributed by atoms with Crippen LogP contribution in [0.5, 0.6) is 0 Å². The molecule has 0 saturated carbocycles. The number of fused-ring (bicyclic) bond motifs is 2. The largest absolute Gasteiger partial charge is 0.451 e. The van der Waals surface area contributed by atoms with Crippen molar-refractivity contribution in [2.45, 2.75) is 26.3 Å². The SMILES string of the molecule is Cc1ccc(NC(=O)CC2C(=O)Nc3ccccc3N2C(=O)c2oc3ccccc3c2C)cc1. The zero-order chi connectivity index (χ0) is 23.8. The summed E-state index contributed by atoms with van der Waals surface area (Å²) in [4.78, 5) is 41.1. The van der Waals surface area contributed by atoms with E-state index in [-0.39, 0.29) is 18.1 Å². The summed E-state index contributed by atoms with van der Waals surface area (Å²) in [5.41, 5.74) is 3.99. The Morgan fingerprint density at radius 2 is 1.68 bits per heavy atom. The van der Waals surface area contributed by atoms with E-state index in [4.69, 9.17) is 4.42 Å². The number of carbonyl (C=O) groups is 3. The number of anilines is 3. The van der Waals surface area contributed by atoms with Gasteiger partial charge in [-0.2, -0.15) is 0 Å². The van der Waals surface area contributed by atoms with Crippen molar-refractivity contribution >= 4 is 45.8 Å². The van der Waals surface area contributed by atoms with Crippen LogP contribution in [-0.4, -0.2) is 23.8 Å². The quantitative estimate of drug-likeness (QED) is 0.453. The van der Waals surface area contributed by atoms with Gasteiger partial charge in [-0.3, -0.25) is 19.3 Å². The van der Waals surface area contributed by atoms with Gasteiger partial charge in [0.1, 0.15) is 11.6 Å². The van der Waals surface area contributed by atoms with Crippen LogP contribution >= 0.6 is 0 Å². The number of hydrogen-bond donors (Lipinski definition) is 2. The second kappa shape index (κ2) is 8.51. The zero-order valence-corrected chi connectivity index (χ0v) is 18.8. The van der Waals surface area contributed by atoms with Crippen LogP contribution in [0.25, 0.3) is 11.0 Å². The lowest BCUT2D eigenvalue weighted by atomic mass is 10.0. The lowest BCUT2D eigenvalue weighted by Crippen LogP contribution is -2.52. The molecule has 170 valence electrons. The number of nitrogens with one attached hydrogen (secondary N) is 2. The monoisotopic (exact) mass is 453 g/mol. The number of para-hydroxylation sites is 3. The minimum Gasteiger partial charge on any atom is -0.451 e. The molecule has 0 fully saturated rings. The lowest BCUT2D eigenvalue weighted by molar-refractivity contribution is -0.122. The first kappa shape index (κ1) is 21.5. The standard InChI is InChI=1S/C27H23N3O4/c1-16-11-13-18(14-12-16)28-24(31)15-22-26(32)29-20-8-4-5-9-21(20)30(22)27(33)25-17(2)19-7-3-6-10-23(19)34-25/h3-14,22H,15H2,1-2H3,(H,28,31)(H,29,32). The maximum absolute atomic E-state index is 13.8. The minimum absolute atomic E-state index is 0.148. The fourth-order valence-corrected chi connectivity index (χ4v) is 4.24. The van der Waals surface area contributed by atoms with E-state index < -0.39 is 17.9 Å². The van der Waals surface area contributed by atoms with E-state index in [0.29, 0.717) is 28.2 Å². The van der Waals surface area contributed by atoms with E-state index in [9.17, 15) is 14.4 Å². The van der Waals surface area contributed by atoms with E-state index in [1.54, 1.807) is 42.5 Å². The van der Waals surface area contributed by atoms with Gasteiger partial charge in [0.2, 0.25) is 11.8 Å². The molecule has 34 heavy (non-hydrogen) atoms. The molecule has 3 amide bonds. The summed E-state index contributed by atoms with van der Waals surface area (Å²) in [6, 6.07) is 20.7. The summed E-state index contributed by atoms with van der Waals surface area (Å²) in [6.45, 7) is 3.77. The first-order valence-corrected chi connectivity index (χ1v) is 11.0. The molecule has 1 aromatic heterocycles. The highest BCUT2D eigenvalue weighted by atomic mass is 16.3. The maximum atomic E-state index is 13.8. The molecule has 3 aromatic carbocycles. The number of furan rings is 1. The van der Waals surface area contributed by atoms with Crippen LogP contribution in [-0.2, 0) is 9.59 Å². The fourth-order valence-electron chi connectivity index (χ4n) is 4.24. The molecular weight excluding hydrogens is 430 g/mol. The lowest BCUT2D eigenvalue weighted by Gasteiger charge is -2.35. The number of carbonyl (C=O) groups excluding carboxylic acids is 3. The Labute approximate surface area is 196 Å². The molecule has 1 atom stereocenters. The molecule has 1 aliphatic rings. The Balaban J connectivity index is 1.51. The number of aryl methyl sites for hydroxylation is 2. The van der Waals surface area contributed by atoms with Crippen molar-refractivity contribution in [3.63, 3.8) is 0 Å². The molecular formula is C27H23N3O4. The van der Waals surface area contributed by atoms with Gasteiger partial charge in [-0.1, -0.05) is 48.0 Å². The van der Waals surface area contributed by atoms with Gasteiger partial charge >= 0.3 is 0 Å². The van der Waals surface area contributed by atoms with Gasteiger partial charge in [0.15, 0.2) is 5.76 Å². The first-order chi connectivity index (χ1) is 16.4. The van der Waals surface area contributed by atoms with Crippen molar-refractivity contribution in [2.24, 2.45) is 0 Å². The molecule has 5 rings (SSSR count). The topological polar surface area (TPSA) is 91.7 Å². The van der Waals surface area contributed by atoms with Gasteiger partial charge in [0.05, 0.1) is 17.8 Å². The highest BCUT2D eigenvalue weighted by Gasteiger charge is 2.40. The summed E-state index contributed by atoms with van der Waals surface area (Å²) in [6.07, 6.45) is -0.209. The predicted octanol–water partition coefficient (Wildman–Crippen LogP) is 5.05. The highest BCUT2D eigenvalue weighted by molar-refractivity contribution is 6.18. The molecule has 7 heteroatoms. The summed E-state index contributed by atoms with van der Waals surface area (Å²) < 4.78 is 5.90. The van der Waals surface area contributed by atoms with E-state index in [1.807, 2.05) is 44.2 Å². The summed E-state index contributed by atoms with van der Waals surface area (Å²) >= 11 is 0. The van der Waals surface area contributed by atoms with Gasteiger partial charge in [-0.15, -0.1) is 0 Å². The maximum Gasteiger partial charge on any atom is 0.295 e. The Kier molecular flexibility index (Phi) is 5.37. The average Bonchev–Trinajstić information content (AvgIpc) is 3.17. The van der Waals surface area contributed by atoms with Gasteiger partial charge in [-0.05, 0) is 44.2 Å². The van der Waals surface area contributed by atoms with Crippen LogP contribution in [0.4, 0.5) is 17.1 Å². The normalized spacial score (nSPS) is 15.1. The van der Waals surface area contributed by atoms with Crippen molar-refractivity contribution in [2.75, 3.05) is 15.5 Å². The van der Waals surface area contributed by atoms with Gasteiger partial charge < -0.3 is 15.1 Å². The Bertz CT molecular complexity index is 1420. The molecule has 0 radical (unpaired) electrons. The average molecular weight is 453 g/mol. The van der Waals surface area contributed by atoms with Crippen LogP contribution in [0.1, 0.15) is 28.1 Å². The van der Waals surface area contributed by atoms with Crippen molar-refractivity contribution < 1.29 is 18.8 Å². The van der Waals surface area contributed by atoms with Crippen LogP contribution in [0.3, 0.4) is 0 Å². The van der Waals surface area contributed by atoms with E-state index in [1.165, 1.54) is 4.90 Å². The smallest absolute Gasteiger partial charge is 0.295 e. The third-order valence-electron chi connectivity index (χ3n) is 6.01. The molecule has 1 aliphatic heterocycles. The number of amides is 3. The second-order valence-corrected chi connectivity index (χ2v) is 8.37. The summed E-state index contributed by atoms with van der Waals surface area (Å²) in [7, 11) is 0. The Morgan fingerprint density at radius 3 is 2.44 bits per heavy atom. The zero-order valence-electron chi connectivity index (χ0n) is 18.8. The molecule has 2 heterocycles. The van der Waals surface area contributed by atoms with Crippen LogP contribution in [0.2, 0.25) is 0 Å². The van der Waals surface area contributed by atoms with Gasteiger partial charge in [0, 0.05) is 16.6 Å². The van der Waals surface area contributed by atoms with Crippen LogP contribution in [0.15, 0.2) is 77.2 Å². The number of nitrogens with zero attached hydrogens (tertiary/aromatic N) is 1. The molecule has 0 aliphatic carbocycles. The Morgan fingerprint density at radius 1 is 0.971 bits per heavy atom. The minimum atomic E-state index is -1.04. The Hall–Kier alpha value is -4.39. The fraction of sp³-hybridized carbons (Fsp3) is 0.148. The van der Waals surface area contributed by atoms with E-state index >= 15 is 0 Å². The highest BCUT2D eigenvalue weighted by Crippen LogP contribution is 2.36. The molecule has 1 unspecified atom stereocenters. The van der Waals surface area contributed by atoms with Crippen LogP contribution < -0.4 is 15.5 Å². The number of hydrogen-bond acceptors (Lipinski definition) is 4. The molecule has 0 spiro atoms. The summed E-state index contributed by atoms with van der Waals surface area (Å²) in [5.74, 6) is -1.12. The van der Waals surface area contributed by atoms with E-state index in [0.717, 1.165) is 10.9 Å². The van der Waals surface area contributed by atoms with Crippen molar-refractivity contribution in [1.82, 2.24) is 0 Å².